The van der Waals surface area contributed by atoms with Crippen LogP contribution in [0.2, 0.25) is 0 Å². The Hall–Kier alpha value is -1.91. The Balaban J connectivity index is 1.95. The topological polar surface area (TPSA) is 49.3 Å². The number of carbonyl (C=O) groups is 1. The summed E-state index contributed by atoms with van der Waals surface area (Å²) in [5, 5.41) is 0. The van der Waals surface area contributed by atoms with Gasteiger partial charge in [0.15, 0.2) is 0 Å². The van der Waals surface area contributed by atoms with Crippen molar-refractivity contribution >= 4 is 11.7 Å². The fourth-order valence-electron chi connectivity index (χ4n) is 1.74. The van der Waals surface area contributed by atoms with Crippen LogP contribution in [0.3, 0.4) is 0 Å². The lowest BCUT2D eigenvalue weighted by atomic mass is 10.3. The zero-order valence-electron chi connectivity index (χ0n) is 9.04. The highest BCUT2D eigenvalue weighted by atomic mass is 16.2. The van der Waals surface area contributed by atoms with Gasteiger partial charge in [-0.3, -0.25) is 9.78 Å². The van der Waals surface area contributed by atoms with Gasteiger partial charge in [-0.15, -0.1) is 0 Å². The van der Waals surface area contributed by atoms with Gasteiger partial charge >= 0.3 is 0 Å². The number of amides is 1. The van der Waals surface area contributed by atoms with Crippen LogP contribution in [0, 0.1) is 0 Å². The minimum atomic E-state index is -0.00111. The van der Waals surface area contributed by atoms with Crippen molar-refractivity contribution in [2.75, 3.05) is 31.1 Å². The van der Waals surface area contributed by atoms with Gasteiger partial charge in [-0.2, -0.15) is 0 Å². The quantitative estimate of drug-likeness (QED) is 0.670. The molecule has 16 heavy (non-hydrogen) atoms. The maximum absolute atomic E-state index is 11.4. The summed E-state index contributed by atoms with van der Waals surface area (Å²) in [5.74, 6) is 0.868. The third kappa shape index (κ3) is 2.18. The molecule has 0 unspecified atom stereocenters. The van der Waals surface area contributed by atoms with Gasteiger partial charge in [0.05, 0.1) is 6.20 Å². The summed E-state index contributed by atoms with van der Waals surface area (Å²) >= 11 is 0. The predicted molar refractivity (Wildman–Crippen MR) is 61.0 cm³/mol. The van der Waals surface area contributed by atoms with E-state index in [0.29, 0.717) is 13.1 Å². The van der Waals surface area contributed by atoms with E-state index >= 15 is 0 Å². The molecule has 0 radical (unpaired) electrons. The van der Waals surface area contributed by atoms with Crippen LogP contribution in [-0.2, 0) is 4.79 Å². The van der Waals surface area contributed by atoms with E-state index in [9.17, 15) is 4.79 Å². The minimum absolute atomic E-state index is 0.00111. The van der Waals surface area contributed by atoms with E-state index < -0.39 is 0 Å². The molecule has 0 spiro atoms. The lowest BCUT2D eigenvalue weighted by Gasteiger charge is -2.34. The second kappa shape index (κ2) is 4.74. The average molecular weight is 218 g/mol. The van der Waals surface area contributed by atoms with Crippen LogP contribution in [0.5, 0.6) is 0 Å². The molecule has 1 amide bonds. The van der Waals surface area contributed by atoms with Crippen molar-refractivity contribution in [2.45, 2.75) is 0 Å². The third-order valence-electron chi connectivity index (χ3n) is 2.64. The van der Waals surface area contributed by atoms with Gasteiger partial charge in [0.1, 0.15) is 5.82 Å². The Kier molecular flexibility index (Phi) is 3.14. The number of hydrogen-bond acceptors (Lipinski definition) is 4. The van der Waals surface area contributed by atoms with E-state index in [1.54, 1.807) is 23.5 Å². The number of nitrogens with zero attached hydrogens (tertiary/aromatic N) is 4. The smallest absolute Gasteiger partial charge is 0.246 e. The summed E-state index contributed by atoms with van der Waals surface area (Å²) in [6.07, 6.45) is 6.43. The van der Waals surface area contributed by atoms with Crippen LogP contribution in [0.4, 0.5) is 5.82 Å². The van der Waals surface area contributed by atoms with Crippen molar-refractivity contribution in [3.05, 3.63) is 31.2 Å². The highest BCUT2D eigenvalue weighted by Crippen LogP contribution is 2.11. The number of carbonyl (C=O) groups excluding carboxylic acids is 1. The number of rotatable bonds is 2. The Morgan fingerprint density at radius 1 is 1.31 bits per heavy atom. The second-order valence-corrected chi connectivity index (χ2v) is 3.58. The monoisotopic (exact) mass is 218 g/mol. The van der Waals surface area contributed by atoms with Gasteiger partial charge in [0, 0.05) is 38.6 Å². The zero-order valence-corrected chi connectivity index (χ0v) is 9.04. The Morgan fingerprint density at radius 2 is 2.06 bits per heavy atom. The maximum Gasteiger partial charge on any atom is 0.246 e. The molecular weight excluding hydrogens is 204 g/mol. The molecule has 0 N–H and O–H groups in total. The Bertz CT molecular complexity index is 371. The van der Waals surface area contributed by atoms with Crippen LogP contribution < -0.4 is 4.90 Å². The molecule has 1 aliphatic heterocycles. The van der Waals surface area contributed by atoms with Gasteiger partial charge < -0.3 is 9.80 Å². The summed E-state index contributed by atoms with van der Waals surface area (Å²) < 4.78 is 0. The first-order valence-corrected chi connectivity index (χ1v) is 5.23. The number of anilines is 1. The fraction of sp³-hybridized carbons (Fsp3) is 0.364. The van der Waals surface area contributed by atoms with Crippen LogP contribution >= 0.6 is 0 Å². The standard InChI is InChI=1S/C11H14N4O/c1-2-11(16)15-7-5-14(6-8-15)10-9-12-3-4-13-10/h2-4,9H,1,5-8H2. The molecule has 1 saturated heterocycles. The van der Waals surface area contributed by atoms with Gasteiger partial charge in [0.2, 0.25) is 5.91 Å². The van der Waals surface area contributed by atoms with Gasteiger partial charge in [-0.25, -0.2) is 4.98 Å². The minimum Gasteiger partial charge on any atom is -0.352 e. The molecule has 2 heterocycles. The molecule has 1 aromatic heterocycles. The summed E-state index contributed by atoms with van der Waals surface area (Å²) in [6, 6.07) is 0. The molecule has 0 saturated carbocycles. The van der Waals surface area contributed by atoms with Crippen molar-refractivity contribution in [2.24, 2.45) is 0 Å². The molecule has 0 aliphatic carbocycles. The Labute approximate surface area is 94.4 Å². The third-order valence-corrected chi connectivity index (χ3v) is 2.64. The van der Waals surface area contributed by atoms with E-state index in [2.05, 4.69) is 21.4 Å². The Morgan fingerprint density at radius 3 is 2.62 bits per heavy atom. The summed E-state index contributed by atoms with van der Waals surface area (Å²) in [4.78, 5) is 23.5. The zero-order chi connectivity index (χ0) is 11.4. The molecule has 0 bridgehead atoms. The number of piperazine rings is 1. The first-order valence-electron chi connectivity index (χ1n) is 5.23. The summed E-state index contributed by atoms with van der Waals surface area (Å²) in [7, 11) is 0. The lowest BCUT2D eigenvalue weighted by molar-refractivity contribution is -0.126. The first kappa shape index (κ1) is 10.6. The fourth-order valence-corrected chi connectivity index (χ4v) is 1.74. The summed E-state index contributed by atoms with van der Waals surface area (Å²) in [6.45, 7) is 6.49. The maximum atomic E-state index is 11.4. The van der Waals surface area contributed by atoms with Crippen LogP contribution in [-0.4, -0.2) is 47.0 Å². The predicted octanol–water partition coefficient (Wildman–Crippen LogP) is 0.311. The highest BCUT2D eigenvalue weighted by molar-refractivity contribution is 5.87. The van der Waals surface area contributed by atoms with Crippen molar-refractivity contribution < 1.29 is 4.79 Å². The normalized spacial score (nSPS) is 16.0. The molecule has 0 aromatic carbocycles. The van der Waals surface area contributed by atoms with E-state index in [4.69, 9.17) is 0 Å². The first-order chi connectivity index (χ1) is 7.81. The van der Waals surface area contributed by atoms with Crippen molar-refractivity contribution in [1.82, 2.24) is 14.9 Å². The molecule has 5 heteroatoms. The van der Waals surface area contributed by atoms with E-state index in [1.807, 2.05) is 0 Å². The average Bonchev–Trinajstić information content (AvgIpc) is 2.39. The van der Waals surface area contributed by atoms with Crippen LogP contribution in [0.25, 0.3) is 0 Å². The molecule has 1 fully saturated rings. The molecule has 2 rings (SSSR count). The number of hydrogen-bond donors (Lipinski definition) is 0. The molecular formula is C11H14N4O. The molecule has 1 aromatic rings. The van der Waals surface area contributed by atoms with E-state index in [1.165, 1.54) is 6.08 Å². The molecule has 5 nitrogen and oxygen atoms in total. The molecule has 0 atom stereocenters. The molecule has 84 valence electrons. The number of aromatic nitrogens is 2. The lowest BCUT2D eigenvalue weighted by Crippen LogP contribution is -2.48. The largest absolute Gasteiger partial charge is 0.352 e. The summed E-state index contributed by atoms with van der Waals surface area (Å²) in [5.41, 5.74) is 0. The van der Waals surface area contributed by atoms with Crippen molar-refractivity contribution in [3.63, 3.8) is 0 Å². The van der Waals surface area contributed by atoms with Crippen molar-refractivity contribution in [1.29, 1.82) is 0 Å². The van der Waals surface area contributed by atoms with E-state index in [-0.39, 0.29) is 5.91 Å². The second-order valence-electron chi connectivity index (χ2n) is 3.58. The van der Waals surface area contributed by atoms with Gasteiger partial charge in [-0.1, -0.05) is 6.58 Å². The van der Waals surface area contributed by atoms with Gasteiger partial charge in [0.25, 0.3) is 0 Å². The van der Waals surface area contributed by atoms with Crippen LogP contribution in [0.1, 0.15) is 0 Å². The SMILES string of the molecule is C=CC(=O)N1CCN(c2cnccn2)CC1. The van der Waals surface area contributed by atoms with E-state index in [0.717, 1.165) is 18.9 Å². The van der Waals surface area contributed by atoms with Gasteiger partial charge in [-0.05, 0) is 6.08 Å². The highest BCUT2D eigenvalue weighted by Gasteiger charge is 2.19. The molecule has 1 aliphatic rings. The van der Waals surface area contributed by atoms with Crippen LogP contribution in [0.15, 0.2) is 31.2 Å². The van der Waals surface area contributed by atoms with Crippen molar-refractivity contribution in [3.8, 4) is 0 Å².